The smallest absolute Gasteiger partial charge is 0.144 e. The van der Waals surface area contributed by atoms with Crippen LogP contribution in [0.1, 0.15) is 29.9 Å². The van der Waals surface area contributed by atoms with E-state index in [1.807, 2.05) is 23.6 Å². The molecule has 2 heterocycles. The van der Waals surface area contributed by atoms with Gasteiger partial charge >= 0.3 is 0 Å². The zero-order chi connectivity index (χ0) is 11.8. The summed E-state index contributed by atoms with van der Waals surface area (Å²) in [7, 11) is 0. The van der Waals surface area contributed by atoms with Crippen molar-refractivity contribution in [3.8, 4) is 5.75 Å². The van der Waals surface area contributed by atoms with Gasteiger partial charge in [0, 0.05) is 21.8 Å². The Morgan fingerprint density at radius 3 is 3.12 bits per heavy atom. The molecular formula is C12H10BrNO2S. The average molecular weight is 312 g/mol. The van der Waals surface area contributed by atoms with E-state index in [-0.39, 0.29) is 6.10 Å². The fraction of sp³-hybridized carbons (Fsp3) is 0.250. The van der Waals surface area contributed by atoms with Crippen LogP contribution in [0.15, 0.2) is 33.6 Å². The highest BCUT2D eigenvalue weighted by Crippen LogP contribution is 2.41. The fourth-order valence-corrected chi connectivity index (χ4v) is 2.91. The molecule has 0 spiro atoms. The topological polar surface area (TPSA) is 42.4 Å². The molecule has 1 aromatic heterocycles. The van der Waals surface area contributed by atoms with E-state index in [4.69, 9.17) is 4.74 Å². The second-order valence-electron chi connectivity index (χ2n) is 3.95. The quantitative estimate of drug-likeness (QED) is 0.877. The van der Waals surface area contributed by atoms with E-state index < -0.39 is 6.10 Å². The Morgan fingerprint density at radius 1 is 1.47 bits per heavy atom. The number of thiazole rings is 1. The predicted molar refractivity (Wildman–Crippen MR) is 69.2 cm³/mol. The molecule has 1 N–H and O–H groups in total. The zero-order valence-corrected chi connectivity index (χ0v) is 11.2. The first-order chi connectivity index (χ1) is 8.24. The fourth-order valence-electron chi connectivity index (χ4n) is 1.98. The van der Waals surface area contributed by atoms with Crippen LogP contribution in [0, 0.1) is 0 Å². The first-order valence-corrected chi connectivity index (χ1v) is 7.00. The van der Waals surface area contributed by atoms with E-state index in [0.29, 0.717) is 6.42 Å². The number of aromatic nitrogens is 1. The number of benzene rings is 1. The molecule has 0 saturated heterocycles. The summed E-state index contributed by atoms with van der Waals surface area (Å²) in [6, 6.07) is 5.69. The summed E-state index contributed by atoms with van der Waals surface area (Å²) in [5, 5.41) is 12.1. The van der Waals surface area contributed by atoms with Gasteiger partial charge in [0.25, 0.3) is 0 Å². The summed E-state index contributed by atoms with van der Waals surface area (Å²) < 4.78 is 6.83. The summed E-state index contributed by atoms with van der Waals surface area (Å²) in [6.45, 7) is 0. The van der Waals surface area contributed by atoms with E-state index >= 15 is 0 Å². The third-order valence-electron chi connectivity index (χ3n) is 2.82. The number of rotatable bonds is 1. The second-order valence-corrected chi connectivity index (χ2v) is 5.59. The maximum absolute atomic E-state index is 10.1. The molecule has 17 heavy (non-hydrogen) atoms. The van der Waals surface area contributed by atoms with E-state index in [2.05, 4.69) is 20.9 Å². The third kappa shape index (κ3) is 2.10. The Labute approximate surface area is 111 Å². The molecule has 3 rings (SSSR count). The monoisotopic (exact) mass is 311 g/mol. The van der Waals surface area contributed by atoms with Gasteiger partial charge in [-0.3, -0.25) is 0 Å². The van der Waals surface area contributed by atoms with Gasteiger partial charge < -0.3 is 9.84 Å². The van der Waals surface area contributed by atoms with Gasteiger partial charge in [-0.1, -0.05) is 22.0 Å². The molecule has 2 unspecified atom stereocenters. The molecule has 0 radical (unpaired) electrons. The van der Waals surface area contributed by atoms with Crippen molar-refractivity contribution in [3.63, 3.8) is 0 Å². The molecule has 0 bridgehead atoms. The van der Waals surface area contributed by atoms with Gasteiger partial charge in [-0.15, -0.1) is 11.3 Å². The zero-order valence-electron chi connectivity index (χ0n) is 8.84. The minimum absolute atomic E-state index is 0.155. The SMILES string of the molecule is OC1CC(c2cscn2)Oc2cc(Br)ccc21. The van der Waals surface area contributed by atoms with Crippen molar-refractivity contribution in [1.29, 1.82) is 0 Å². The Bertz CT molecular complexity index is 529. The number of nitrogens with zero attached hydrogens (tertiary/aromatic N) is 1. The first kappa shape index (κ1) is 11.2. The highest BCUT2D eigenvalue weighted by atomic mass is 79.9. The van der Waals surface area contributed by atoms with Crippen LogP contribution in [0.5, 0.6) is 5.75 Å². The number of aliphatic hydroxyl groups is 1. The molecule has 2 atom stereocenters. The van der Waals surface area contributed by atoms with Gasteiger partial charge in [0.2, 0.25) is 0 Å². The molecule has 88 valence electrons. The third-order valence-corrected chi connectivity index (χ3v) is 3.92. The highest BCUT2D eigenvalue weighted by Gasteiger charge is 2.29. The van der Waals surface area contributed by atoms with Crippen molar-refractivity contribution in [1.82, 2.24) is 4.98 Å². The van der Waals surface area contributed by atoms with Crippen LogP contribution in [0.4, 0.5) is 0 Å². The van der Waals surface area contributed by atoms with Crippen LogP contribution in [-0.2, 0) is 0 Å². The average Bonchev–Trinajstić information content (AvgIpc) is 2.81. The van der Waals surface area contributed by atoms with E-state index in [9.17, 15) is 5.11 Å². The summed E-state index contributed by atoms with van der Waals surface area (Å²) >= 11 is 4.94. The van der Waals surface area contributed by atoms with Gasteiger partial charge in [0.1, 0.15) is 11.9 Å². The number of ether oxygens (including phenoxy) is 1. The van der Waals surface area contributed by atoms with Gasteiger partial charge in [-0.2, -0.15) is 0 Å². The van der Waals surface area contributed by atoms with Crippen molar-refractivity contribution >= 4 is 27.3 Å². The molecule has 0 amide bonds. The molecule has 1 aliphatic rings. The summed E-state index contributed by atoms with van der Waals surface area (Å²) in [4.78, 5) is 4.24. The van der Waals surface area contributed by atoms with Crippen molar-refractivity contribution in [2.24, 2.45) is 0 Å². The summed E-state index contributed by atoms with van der Waals surface area (Å²) in [5.41, 5.74) is 3.51. The van der Waals surface area contributed by atoms with Gasteiger partial charge in [0.15, 0.2) is 0 Å². The van der Waals surface area contributed by atoms with Crippen molar-refractivity contribution in [2.75, 3.05) is 0 Å². The van der Waals surface area contributed by atoms with Crippen LogP contribution in [0.3, 0.4) is 0 Å². The lowest BCUT2D eigenvalue weighted by molar-refractivity contribution is 0.0639. The lowest BCUT2D eigenvalue weighted by Crippen LogP contribution is -2.19. The van der Waals surface area contributed by atoms with Crippen LogP contribution in [-0.4, -0.2) is 10.1 Å². The lowest BCUT2D eigenvalue weighted by Gasteiger charge is -2.28. The molecular weight excluding hydrogens is 302 g/mol. The molecule has 2 aromatic rings. The normalized spacial score (nSPS) is 22.9. The Kier molecular flexibility index (Phi) is 2.90. The molecule has 0 aliphatic carbocycles. The van der Waals surface area contributed by atoms with Crippen LogP contribution in [0.2, 0.25) is 0 Å². The Morgan fingerprint density at radius 2 is 2.35 bits per heavy atom. The van der Waals surface area contributed by atoms with E-state index in [0.717, 1.165) is 21.5 Å². The van der Waals surface area contributed by atoms with Crippen molar-refractivity contribution in [2.45, 2.75) is 18.6 Å². The molecule has 1 aliphatic heterocycles. The number of aliphatic hydroxyl groups excluding tert-OH is 1. The lowest BCUT2D eigenvalue weighted by atomic mass is 9.98. The van der Waals surface area contributed by atoms with Crippen LogP contribution < -0.4 is 4.74 Å². The summed E-state index contributed by atoms with van der Waals surface area (Å²) in [6.07, 6.45) is -0.0881. The molecule has 3 nitrogen and oxygen atoms in total. The Hall–Kier alpha value is -0.910. The second kappa shape index (κ2) is 4.40. The molecule has 5 heteroatoms. The maximum Gasteiger partial charge on any atom is 0.144 e. The number of halogens is 1. The standard InChI is InChI=1S/C12H10BrNO2S/c13-7-1-2-8-10(15)4-12(16-11(8)3-7)9-5-17-6-14-9/h1-3,5-6,10,12,15H,4H2. The van der Waals surface area contributed by atoms with Gasteiger partial charge in [-0.05, 0) is 12.1 Å². The first-order valence-electron chi connectivity index (χ1n) is 5.26. The molecule has 1 aromatic carbocycles. The van der Waals surface area contributed by atoms with E-state index in [1.54, 1.807) is 5.51 Å². The minimum atomic E-state index is -0.487. The van der Waals surface area contributed by atoms with Gasteiger partial charge in [0.05, 0.1) is 17.3 Å². The number of fused-ring (bicyclic) bond motifs is 1. The van der Waals surface area contributed by atoms with Crippen molar-refractivity contribution in [3.05, 3.63) is 44.8 Å². The van der Waals surface area contributed by atoms with Crippen LogP contribution in [0.25, 0.3) is 0 Å². The highest BCUT2D eigenvalue weighted by molar-refractivity contribution is 9.10. The number of hydrogen-bond acceptors (Lipinski definition) is 4. The minimum Gasteiger partial charge on any atom is -0.484 e. The van der Waals surface area contributed by atoms with Crippen molar-refractivity contribution < 1.29 is 9.84 Å². The largest absolute Gasteiger partial charge is 0.484 e. The molecule has 0 fully saturated rings. The summed E-state index contributed by atoms with van der Waals surface area (Å²) in [5.74, 6) is 0.733. The predicted octanol–water partition coefficient (Wildman–Crippen LogP) is 3.46. The van der Waals surface area contributed by atoms with E-state index in [1.165, 1.54) is 11.3 Å². The van der Waals surface area contributed by atoms with Gasteiger partial charge in [-0.25, -0.2) is 4.98 Å². The van der Waals surface area contributed by atoms with Crippen LogP contribution >= 0.6 is 27.3 Å². The maximum atomic E-state index is 10.1. The molecule has 0 saturated carbocycles. The number of hydrogen-bond donors (Lipinski definition) is 1. The Balaban J connectivity index is 1.97.